The largest absolute Gasteiger partial charge is 0.497 e. The molecular formula is C47H55N5O7Si. The van der Waals surface area contributed by atoms with E-state index in [2.05, 4.69) is 22.3 Å². The van der Waals surface area contributed by atoms with E-state index in [9.17, 15) is 19.5 Å². The molecule has 0 radical (unpaired) electrons. The number of piperidine rings is 1. The van der Waals surface area contributed by atoms with Crippen LogP contribution >= 0.6 is 0 Å². The van der Waals surface area contributed by atoms with Gasteiger partial charge < -0.3 is 39.4 Å². The van der Waals surface area contributed by atoms with E-state index in [1.165, 1.54) is 0 Å². The Kier molecular flexibility index (Phi) is 10.4. The number of methoxy groups -OCH3 is 1. The van der Waals surface area contributed by atoms with Gasteiger partial charge in [-0.25, -0.2) is 0 Å². The molecule has 5 aliphatic rings. The molecule has 13 heteroatoms. The van der Waals surface area contributed by atoms with Gasteiger partial charge in [0.05, 0.1) is 51.2 Å². The SMILES string of the molecule is COc1ccc2c(c1)[C@@]1(O[C@H](CC(=O)N3Cc4ccccc4C[C@H]3CO)[C@@H]([Si](C)(C)O)[C@@H]1C)C(=O)N2Cc1ccc(N2CN(c3ccccc3)C3(CCNCC3)C2=O)cc1. The lowest BCUT2D eigenvalue weighted by atomic mass is 9.82. The molecule has 0 bridgehead atoms. The third-order valence-corrected chi connectivity index (χ3v) is 16.5. The zero-order chi connectivity index (χ0) is 42.0. The smallest absolute Gasteiger partial charge is 0.264 e. The van der Waals surface area contributed by atoms with Crippen molar-refractivity contribution in [3.8, 4) is 5.75 Å². The number of hydrogen-bond donors (Lipinski definition) is 3. The fraction of sp³-hybridized carbons (Fsp3) is 0.426. The van der Waals surface area contributed by atoms with Crippen LogP contribution in [-0.2, 0) is 44.2 Å². The van der Waals surface area contributed by atoms with Crippen molar-refractivity contribution in [3.05, 3.63) is 119 Å². The predicted octanol–water partition coefficient (Wildman–Crippen LogP) is 5.31. The Morgan fingerprint density at radius 3 is 2.30 bits per heavy atom. The van der Waals surface area contributed by atoms with E-state index in [-0.39, 0.29) is 43.3 Å². The number of carbonyl (C=O) groups is 3. The fourth-order valence-corrected chi connectivity index (χ4v) is 13.6. The number of fused-ring (bicyclic) bond motifs is 3. The van der Waals surface area contributed by atoms with Crippen LogP contribution in [0.15, 0.2) is 97.1 Å². The van der Waals surface area contributed by atoms with Crippen LogP contribution < -0.4 is 24.8 Å². The van der Waals surface area contributed by atoms with Crippen molar-refractivity contribution in [2.24, 2.45) is 5.92 Å². The zero-order valence-electron chi connectivity index (χ0n) is 34.8. The van der Waals surface area contributed by atoms with E-state index in [0.29, 0.717) is 36.6 Å². The van der Waals surface area contributed by atoms with Gasteiger partial charge in [0, 0.05) is 34.9 Å². The number of ether oxygens (including phenoxy) is 2. The van der Waals surface area contributed by atoms with Crippen molar-refractivity contribution in [1.82, 2.24) is 10.2 Å². The van der Waals surface area contributed by atoms with E-state index in [1.807, 2.05) is 110 Å². The van der Waals surface area contributed by atoms with E-state index in [4.69, 9.17) is 9.47 Å². The average Bonchev–Trinajstić information content (AvgIpc) is 3.80. The maximum Gasteiger partial charge on any atom is 0.264 e. The van der Waals surface area contributed by atoms with Crippen molar-refractivity contribution >= 4 is 43.1 Å². The molecule has 2 spiro atoms. The molecule has 0 aliphatic carbocycles. The van der Waals surface area contributed by atoms with Crippen LogP contribution in [0.25, 0.3) is 0 Å². The lowest BCUT2D eigenvalue weighted by Crippen LogP contribution is -2.55. The number of aliphatic hydroxyl groups is 1. The first-order chi connectivity index (χ1) is 28.9. The van der Waals surface area contributed by atoms with E-state index < -0.39 is 37.0 Å². The molecule has 5 atom stereocenters. The minimum atomic E-state index is -3.06. The maximum absolute atomic E-state index is 15.2. The number of amides is 3. The van der Waals surface area contributed by atoms with Gasteiger partial charge >= 0.3 is 0 Å². The lowest BCUT2D eigenvalue weighted by Gasteiger charge is -2.39. The molecule has 3 saturated heterocycles. The second-order valence-corrected chi connectivity index (χ2v) is 21.7. The van der Waals surface area contributed by atoms with Crippen molar-refractivity contribution < 1.29 is 33.8 Å². The molecule has 0 saturated carbocycles. The van der Waals surface area contributed by atoms with Crippen LogP contribution in [0.1, 0.15) is 48.4 Å². The van der Waals surface area contributed by atoms with Crippen molar-refractivity contribution in [2.75, 3.05) is 48.2 Å². The summed E-state index contributed by atoms with van der Waals surface area (Å²) in [5.74, 6) is -0.226. The van der Waals surface area contributed by atoms with Gasteiger partial charge in [0.25, 0.3) is 11.8 Å². The number of hydrogen-bond acceptors (Lipinski definition) is 9. The first-order valence-electron chi connectivity index (χ1n) is 21.2. The van der Waals surface area contributed by atoms with Crippen LogP contribution in [0, 0.1) is 5.92 Å². The highest BCUT2D eigenvalue weighted by Crippen LogP contribution is 2.60. The van der Waals surface area contributed by atoms with Crippen LogP contribution in [-0.4, -0.2) is 92.0 Å². The van der Waals surface area contributed by atoms with Gasteiger partial charge in [0.15, 0.2) is 13.9 Å². The number of benzene rings is 4. The molecule has 314 valence electrons. The van der Waals surface area contributed by atoms with Crippen LogP contribution in [0.5, 0.6) is 5.75 Å². The van der Waals surface area contributed by atoms with E-state index in [0.717, 1.165) is 54.0 Å². The van der Waals surface area contributed by atoms with Gasteiger partial charge in [-0.3, -0.25) is 19.3 Å². The summed E-state index contributed by atoms with van der Waals surface area (Å²) in [4.78, 5) is 63.3. The summed E-state index contributed by atoms with van der Waals surface area (Å²) in [6.45, 7) is 8.11. The van der Waals surface area contributed by atoms with Gasteiger partial charge in [0.1, 0.15) is 11.3 Å². The third kappa shape index (κ3) is 6.53. The Morgan fingerprint density at radius 1 is 0.917 bits per heavy atom. The van der Waals surface area contributed by atoms with E-state index >= 15 is 4.79 Å². The molecule has 3 fully saturated rings. The standard InChI is InChI=1S/C47H55N5O7Si/c1-31-43(60(3,4)57)41(26-42(54)49-28-34-11-9-8-10-33(34)24-37(49)29-53)59-47(31)39-25-38(58-2)18-19-40(39)50(45(47)56)27-32-14-16-35(17-15-32)51-30-52(36-12-6-5-7-13-36)46(44(51)55)20-22-48-23-21-46/h5-19,25,31,37,41,43,48,53,57H,20-24,26-30H2,1-4H3/t31-,37-,41+,43-,47+/m0/s1. The molecule has 3 amide bonds. The molecule has 4 aromatic rings. The van der Waals surface area contributed by atoms with Gasteiger partial charge in [-0.2, -0.15) is 0 Å². The summed E-state index contributed by atoms with van der Waals surface area (Å²) in [7, 11) is -1.48. The highest BCUT2D eigenvalue weighted by molar-refractivity contribution is 6.71. The van der Waals surface area contributed by atoms with Gasteiger partial charge in [-0.15, -0.1) is 0 Å². The Bertz CT molecular complexity index is 2280. The summed E-state index contributed by atoms with van der Waals surface area (Å²) in [6, 6.07) is 31.2. The van der Waals surface area contributed by atoms with Crippen molar-refractivity contribution in [3.63, 3.8) is 0 Å². The summed E-state index contributed by atoms with van der Waals surface area (Å²) in [5, 5.41) is 13.8. The summed E-state index contributed by atoms with van der Waals surface area (Å²) < 4.78 is 12.7. The summed E-state index contributed by atoms with van der Waals surface area (Å²) in [6.07, 6.45) is 1.22. The van der Waals surface area contributed by atoms with E-state index in [1.54, 1.807) is 16.9 Å². The van der Waals surface area contributed by atoms with Gasteiger partial charge in [-0.1, -0.05) is 61.5 Å². The third-order valence-electron chi connectivity index (χ3n) is 14.0. The molecule has 3 N–H and O–H groups in total. The maximum atomic E-state index is 15.2. The molecule has 5 aliphatic heterocycles. The molecule has 4 aromatic carbocycles. The Morgan fingerprint density at radius 2 is 1.62 bits per heavy atom. The second-order valence-electron chi connectivity index (χ2n) is 17.8. The van der Waals surface area contributed by atoms with Crippen LogP contribution in [0.3, 0.4) is 0 Å². The number of aliphatic hydroxyl groups excluding tert-OH is 1. The van der Waals surface area contributed by atoms with Crippen LogP contribution in [0.4, 0.5) is 17.1 Å². The molecule has 9 rings (SSSR count). The van der Waals surface area contributed by atoms with Crippen molar-refractivity contribution in [1.29, 1.82) is 0 Å². The summed E-state index contributed by atoms with van der Waals surface area (Å²) in [5.41, 5.74) is 3.68. The highest BCUT2D eigenvalue weighted by atomic mass is 28.4. The Hall–Kier alpha value is -5.05. The normalized spacial score (nSPS) is 26.0. The highest BCUT2D eigenvalue weighted by Gasteiger charge is 2.66. The monoisotopic (exact) mass is 829 g/mol. The Balaban J connectivity index is 0.999. The fourth-order valence-electron chi connectivity index (χ4n) is 11.0. The van der Waals surface area contributed by atoms with Crippen LogP contribution in [0.2, 0.25) is 18.6 Å². The molecule has 60 heavy (non-hydrogen) atoms. The second kappa shape index (κ2) is 15.4. The lowest BCUT2D eigenvalue weighted by molar-refractivity contribution is -0.151. The minimum absolute atomic E-state index is 0.0326. The minimum Gasteiger partial charge on any atom is -0.497 e. The summed E-state index contributed by atoms with van der Waals surface area (Å²) >= 11 is 0. The number of anilines is 3. The number of carbonyl (C=O) groups excluding carboxylic acids is 3. The average molecular weight is 830 g/mol. The predicted molar refractivity (Wildman–Crippen MR) is 232 cm³/mol. The first kappa shape index (κ1) is 40.4. The number of nitrogens with one attached hydrogen (secondary N) is 1. The molecule has 0 unspecified atom stereocenters. The molecule has 0 aromatic heterocycles. The number of nitrogens with zero attached hydrogens (tertiary/aromatic N) is 4. The molecular weight excluding hydrogens is 775 g/mol. The topological polar surface area (TPSA) is 135 Å². The quantitative estimate of drug-likeness (QED) is 0.192. The number of para-hydroxylation sites is 1. The molecule has 5 heterocycles. The zero-order valence-corrected chi connectivity index (χ0v) is 35.8. The van der Waals surface area contributed by atoms with Gasteiger partial charge in [0.2, 0.25) is 5.91 Å². The molecule has 12 nitrogen and oxygen atoms in total. The van der Waals surface area contributed by atoms with Gasteiger partial charge in [-0.05, 0) is 105 Å². The van der Waals surface area contributed by atoms with Crippen molar-refractivity contribution in [2.45, 2.75) is 87.6 Å². The number of rotatable bonds is 9. The Labute approximate surface area is 352 Å². The first-order valence-corrected chi connectivity index (χ1v) is 24.2.